The van der Waals surface area contributed by atoms with Crippen molar-refractivity contribution in [2.24, 2.45) is 0 Å². The molecule has 0 radical (unpaired) electrons. The van der Waals surface area contributed by atoms with E-state index in [1.54, 1.807) is 22.7 Å². The van der Waals surface area contributed by atoms with Crippen LogP contribution in [0.5, 0.6) is 23.0 Å². The van der Waals surface area contributed by atoms with Gasteiger partial charge in [0.05, 0.1) is 20.9 Å². The van der Waals surface area contributed by atoms with Crippen molar-refractivity contribution < 1.29 is 40.5 Å². The molecule has 9 heteroatoms. The van der Waals surface area contributed by atoms with Crippen molar-refractivity contribution in [2.45, 2.75) is 118 Å². The van der Waals surface area contributed by atoms with Crippen molar-refractivity contribution in [2.75, 3.05) is 13.2 Å². The average molecular weight is 1180 g/mol. The number of aromatic hydroxyl groups is 4. The van der Waals surface area contributed by atoms with E-state index in [0.29, 0.717) is 24.7 Å². The zero-order valence-electron chi connectivity index (χ0n) is 46.5. The second-order valence-electron chi connectivity index (χ2n) is 24.5. The summed E-state index contributed by atoms with van der Waals surface area (Å²) in [6.45, 7) is 28.3. The molecule has 0 unspecified atom stereocenters. The van der Waals surface area contributed by atoms with E-state index in [1.807, 2.05) is 24.3 Å². The molecule has 10 rings (SSSR count). The molecule has 396 valence electrons. The molecule has 77 heavy (non-hydrogen) atoms. The molecule has 0 spiro atoms. The molecule has 0 saturated carbocycles. The van der Waals surface area contributed by atoms with Crippen molar-refractivity contribution in [1.29, 1.82) is 0 Å². The second-order valence-corrected chi connectivity index (χ2v) is 30.0. The van der Waals surface area contributed by atoms with E-state index < -0.39 is 20.8 Å². The van der Waals surface area contributed by atoms with E-state index in [1.165, 1.54) is 43.8 Å². The van der Waals surface area contributed by atoms with E-state index in [0.717, 1.165) is 89.0 Å². The van der Waals surface area contributed by atoms with Gasteiger partial charge in [0.2, 0.25) is 0 Å². The summed E-state index contributed by atoms with van der Waals surface area (Å²) in [5.41, 5.74) is 10.7. The number of halogens is 2. The maximum absolute atomic E-state index is 12.3. The van der Waals surface area contributed by atoms with E-state index in [2.05, 4.69) is 203 Å². The van der Waals surface area contributed by atoms with Crippen molar-refractivity contribution in [1.82, 2.24) is 0 Å². The number of benzene rings is 8. The average Bonchev–Trinajstić information content (AvgIpc) is 4.04. The number of hydrogen-bond donors (Lipinski definition) is 2. The summed E-state index contributed by atoms with van der Waals surface area (Å²) in [7, 11) is 9.87. The van der Waals surface area contributed by atoms with Crippen molar-refractivity contribution in [3.63, 3.8) is 0 Å². The van der Waals surface area contributed by atoms with Crippen LogP contribution in [0.1, 0.15) is 118 Å². The Labute approximate surface area is 482 Å². The molecule has 0 atom stereocenters. The summed E-state index contributed by atoms with van der Waals surface area (Å²) in [5, 5.41) is 38.1. The standard InChI is InChI=1S/C68H70O4S2.2ClH.Zr/c1-65(2,3)45-27-29-49-43(35-45)33-41-23-25-47(67(7,8)9)37-53(41)59(49)63-61(69)55(39-73-63)51-19-13-15-21-57(51)71-31-17-18-32-72-58-22-16-14-20-52(58)56-40-74-64(62(56)70)60-50-30-28-46(66(4,5)6)36-44(50)34-42-24-26-48(38-54(42)60)68(10,11)12;;;/h13-16,19-30,33-40,69-70H,17-18,31-32H2,1-12H3;2*1H;/q;;;+2. The Kier molecular flexibility index (Phi) is 16.6. The van der Waals surface area contributed by atoms with Crippen LogP contribution < -0.4 is 0 Å². The fourth-order valence-corrected chi connectivity index (χ4v) is 12.4. The summed E-state index contributed by atoms with van der Waals surface area (Å²) in [6, 6.07) is 48.3. The van der Waals surface area contributed by atoms with E-state index in [9.17, 15) is 10.2 Å². The van der Waals surface area contributed by atoms with Crippen LogP contribution >= 0.6 is 39.7 Å². The van der Waals surface area contributed by atoms with Crippen molar-refractivity contribution in [3.8, 4) is 66.1 Å². The predicted octanol–water partition coefficient (Wildman–Crippen LogP) is 21.0. The first-order valence-corrected chi connectivity index (χ1v) is 34.7. The van der Waals surface area contributed by atoms with Crippen LogP contribution in [0, 0.1) is 0 Å². The topological polar surface area (TPSA) is 66.1 Å². The Morgan fingerprint density at radius 1 is 0.403 bits per heavy atom. The zero-order chi connectivity index (χ0) is 55.2. The van der Waals surface area contributed by atoms with Crippen molar-refractivity contribution >= 4 is 82.8 Å². The molecule has 0 amide bonds. The van der Waals surface area contributed by atoms with Gasteiger partial charge in [-0.3, -0.25) is 0 Å². The quantitative estimate of drug-likeness (QED) is 0.0770. The van der Waals surface area contributed by atoms with Gasteiger partial charge < -0.3 is 19.7 Å². The number of para-hydroxylation sites is 2. The molecule has 0 saturated heterocycles. The monoisotopic (exact) mass is 1180 g/mol. The van der Waals surface area contributed by atoms with Gasteiger partial charge in [-0.15, -0.1) is 22.7 Å². The Balaban J connectivity index is 0.00000235. The molecular formula is C68H72Cl2O4S2Zr+2. The molecule has 0 aliphatic rings. The van der Waals surface area contributed by atoms with Gasteiger partial charge in [-0.2, -0.15) is 0 Å². The molecule has 0 fully saturated rings. The number of unbranched alkanes of at least 4 members (excludes halogenated alkanes) is 1. The van der Waals surface area contributed by atoms with Crippen molar-refractivity contribution in [3.05, 3.63) is 166 Å². The molecular weight excluding hydrogens is 1110 g/mol. The normalized spacial score (nSPS) is 12.3. The van der Waals surface area contributed by atoms with Crippen LogP contribution in [0.25, 0.3) is 86.2 Å². The van der Waals surface area contributed by atoms with Crippen LogP contribution in [-0.4, -0.2) is 32.9 Å². The fraction of sp³-hybridized carbons (Fsp3) is 0.294. The van der Waals surface area contributed by atoms with E-state index in [-0.39, 0.29) is 21.7 Å². The van der Waals surface area contributed by atoms with Gasteiger partial charge in [-0.05, 0) is 123 Å². The molecule has 0 aliphatic carbocycles. The van der Waals surface area contributed by atoms with Crippen LogP contribution in [0.3, 0.4) is 0 Å². The number of fused-ring (bicyclic) bond motifs is 4. The first kappa shape index (κ1) is 56.6. The maximum atomic E-state index is 12.3. The third kappa shape index (κ3) is 11.9. The molecule has 8 aromatic carbocycles. The second kappa shape index (κ2) is 22.5. The van der Waals surface area contributed by atoms with Gasteiger partial charge in [0.25, 0.3) is 11.5 Å². The summed E-state index contributed by atoms with van der Waals surface area (Å²) < 4.78 is 10.3. The number of rotatable bonds is 11. The molecule has 0 bridgehead atoms. The van der Waals surface area contributed by atoms with Gasteiger partial charge in [-0.25, -0.2) is 0 Å². The molecule has 4 N–H and O–H groups in total. The third-order valence-corrected chi connectivity index (χ3v) is 16.8. The molecule has 4 nitrogen and oxygen atoms in total. The third-order valence-electron chi connectivity index (χ3n) is 14.9. The summed E-state index contributed by atoms with van der Waals surface area (Å²) in [4.78, 5) is 1.75. The van der Waals surface area contributed by atoms with Crippen LogP contribution in [0.2, 0.25) is 0 Å². The molecule has 0 aliphatic heterocycles. The number of hydrogen-bond acceptors (Lipinski definition) is 4. The summed E-state index contributed by atoms with van der Waals surface area (Å²) >= 11 is 2.38. The zero-order valence-corrected chi connectivity index (χ0v) is 52.1. The van der Waals surface area contributed by atoms with Crippen LogP contribution in [0.15, 0.2) is 144 Å². The van der Waals surface area contributed by atoms with Gasteiger partial charge in [0.1, 0.15) is 11.5 Å². The predicted molar refractivity (Wildman–Crippen MR) is 333 cm³/mol. The molecule has 2 heterocycles. The first-order valence-electron chi connectivity index (χ1n) is 26.6. The van der Waals surface area contributed by atoms with Gasteiger partial charge in [-0.1, -0.05) is 168 Å². The van der Waals surface area contributed by atoms with Crippen LogP contribution in [-0.2, 0) is 42.5 Å². The Morgan fingerprint density at radius 2 is 0.740 bits per heavy atom. The SMILES string of the molecule is CC(C)(C)c1ccc2c(-c3scc(-c4ccccc4[OH+]CCCC[OH+]c4ccccc4-c4csc(-c5c6ccc(C(C)(C)C)cc6cc6ccc(C(C)(C)C)cc56)c4O)c3O)c3cc(C(C)(C)C)ccc3cc2c1.[Cl][Zr][Cl]. The summed E-state index contributed by atoms with van der Waals surface area (Å²) in [6.07, 6.45) is 1.70. The Morgan fingerprint density at radius 3 is 1.10 bits per heavy atom. The van der Waals surface area contributed by atoms with Gasteiger partial charge >= 0.3 is 37.9 Å². The fourth-order valence-electron chi connectivity index (χ4n) is 10.3. The number of ether oxygens (including phenoxy) is 2. The van der Waals surface area contributed by atoms with E-state index >= 15 is 0 Å². The minimum atomic E-state index is -0.826. The molecule has 2 aromatic heterocycles. The molecule has 10 aromatic rings. The number of thiophene rings is 2. The minimum absolute atomic E-state index is 0.0104. The van der Waals surface area contributed by atoms with Gasteiger partial charge in [0.15, 0.2) is 13.2 Å². The van der Waals surface area contributed by atoms with Gasteiger partial charge in [0, 0.05) is 58.0 Å². The number of aliphatic hydroxyl groups is 2. The first-order chi connectivity index (χ1) is 36.5. The van der Waals surface area contributed by atoms with Crippen LogP contribution in [0.4, 0.5) is 0 Å². The Hall–Kier alpha value is -5.14. The Bertz CT molecular complexity index is 3540. The van der Waals surface area contributed by atoms with E-state index in [4.69, 9.17) is 26.5 Å². The summed E-state index contributed by atoms with van der Waals surface area (Å²) in [5.74, 6) is 2.33.